The Hall–Kier alpha value is -0.900. The average molecular weight is 434 g/mol. The molecule has 2 aliphatic rings. The quantitative estimate of drug-likeness (QED) is 0.610. The molecule has 0 unspecified atom stereocenters. The van der Waals surface area contributed by atoms with Crippen molar-refractivity contribution in [2.24, 2.45) is 5.92 Å². The summed E-state index contributed by atoms with van der Waals surface area (Å²) in [7, 11) is 0. The molecule has 2 bridgehead atoms. The third-order valence-electron chi connectivity index (χ3n) is 5.16. The van der Waals surface area contributed by atoms with Crippen LogP contribution in [0.25, 0.3) is 11.1 Å². The zero-order valence-corrected chi connectivity index (χ0v) is 15.9. The molecule has 4 rings (SSSR count). The molecule has 0 saturated heterocycles. The first-order chi connectivity index (χ1) is 11.1. The van der Waals surface area contributed by atoms with Crippen molar-refractivity contribution in [3.05, 3.63) is 68.6 Å². The predicted molar refractivity (Wildman–Crippen MR) is 102 cm³/mol. The van der Waals surface area contributed by atoms with Gasteiger partial charge in [0.05, 0.1) is 5.60 Å². The van der Waals surface area contributed by atoms with E-state index in [0.29, 0.717) is 5.92 Å². The molecule has 0 radical (unpaired) electrons. The first-order valence-electron chi connectivity index (χ1n) is 8.06. The molecule has 1 fully saturated rings. The maximum absolute atomic E-state index is 11.3. The fourth-order valence-corrected chi connectivity index (χ4v) is 4.76. The van der Waals surface area contributed by atoms with Gasteiger partial charge in [-0.1, -0.05) is 56.1 Å². The van der Waals surface area contributed by atoms with Gasteiger partial charge in [-0.05, 0) is 78.1 Å². The van der Waals surface area contributed by atoms with E-state index in [4.69, 9.17) is 0 Å². The van der Waals surface area contributed by atoms with E-state index in [0.717, 1.165) is 39.3 Å². The molecular weight excluding hydrogens is 416 g/mol. The standard InChI is InChI=1S/C20H18Br2O/c21-16-7-3-13(4-8-16)18-15-2-1-11-20(23,12-15)19(18)14-5-9-17(22)10-6-14/h3-10,15,23H,1-2,11-12H2/t15-,20-/m0/s1. The van der Waals surface area contributed by atoms with E-state index >= 15 is 0 Å². The highest BCUT2D eigenvalue weighted by molar-refractivity contribution is 9.10. The van der Waals surface area contributed by atoms with Crippen LogP contribution in [-0.4, -0.2) is 10.7 Å². The van der Waals surface area contributed by atoms with Crippen LogP contribution in [0.15, 0.2) is 57.5 Å². The molecule has 118 valence electrons. The number of hydrogen-bond donors (Lipinski definition) is 1. The molecule has 1 nitrogen and oxygen atoms in total. The second-order valence-corrected chi connectivity index (χ2v) is 8.46. The summed E-state index contributed by atoms with van der Waals surface area (Å²) in [6.45, 7) is 0. The Bertz CT molecular complexity index is 761. The van der Waals surface area contributed by atoms with Gasteiger partial charge >= 0.3 is 0 Å². The highest BCUT2D eigenvalue weighted by atomic mass is 79.9. The molecule has 3 heteroatoms. The maximum Gasteiger partial charge on any atom is 0.0911 e. The Balaban J connectivity index is 1.93. The van der Waals surface area contributed by atoms with Crippen LogP contribution in [-0.2, 0) is 0 Å². The summed E-state index contributed by atoms with van der Waals surface area (Å²) in [5.74, 6) is 0.466. The molecular formula is C20H18Br2O. The molecule has 0 heterocycles. The lowest BCUT2D eigenvalue weighted by Crippen LogP contribution is -2.30. The summed E-state index contributed by atoms with van der Waals surface area (Å²) in [5.41, 5.74) is 4.22. The van der Waals surface area contributed by atoms with Crippen molar-refractivity contribution >= 4 is 43.0 Å². The van der Waals surface area contributed by atoms with Crippen LogP contribution >= 0.6 is 31.9 Å². The maximum atomic E-state index is 11.3. The van der Waals surface area contributed by atoms with Gasteiger partial charge < -0.3 is 5.11 Å². The largest absolute Gasteiger partial charge is 0.385 e. The van der Waals surface area contributed by atoms with Crippen molar-refractivity contribution in [1.82, 2.24) is 0 Å². The summed E-state index contributed by atoms with van der Waals surface area (Å²) in [6, 6.07) is 16.9. The predicted octanol–water partition coefficient (Wildman–Crippen LogP) is 6.06. The average Bonchev–Trinajstić information content (AvgIpc) is 2.74. The number of benzene rings is 2. The van der Waals surface area contributed by atoms with Gasteiger partial charge in [0.25, 0.3) is 0 Å². The molecule has 2 aromatic rings. The van der Waals surface area contributed by atoms with Gasteiger partial charge in [-0.25, -0.2) is 0 Å². The molecule has 0 amide bonds. The van der Waals surface area contributed by atoms with E-state index in [1.54, 1.807) is 0 Å². The Morgan fingerprint density at radius 3 is 2.04 bits per heavy atom. The van der Waals surface area contributed by atoms with E-state index in [2.05, 4.69) is 80.4 Å². The van der Waals surface area contributed by atoms with E-state index in [1.807, 2.05) is 0 Å². The van der Waals surface area contributed by atoms with Crippen molar-refractivity contribution in [2.45, 2.75) is 31.3 Å². The van der Waals surface area contributed by atoms with Crippen LogP contribution in [0.1, 0.15) is 36.8 Å². The van der Waals surface area contributed by atoms with Crippen molar-refractivity contribution in [1.29, 1.82) is 0 Å². The lowest BCUT2D eigenvalue weighted by molar-refractivity contribution is 0.0595. The molecule has 0 aromatic heterocycles. The van der Waals surface area contributed by atoms with Crippen molar-refractivity contribution in [3.8, 4) is 0 Å². The van der Waals surface area contributed by atoms with Gasteiger partial charge in [0.15, 0.2) is 0 Å². The summed E-state index contributed by atoms with van der Waals surface area (Å²) in [5, 5.41) is 11.3. The first-order valence-corrected chi connectivity index (χ1v) is 9.64. The molecule has 2 atom stereocenters. The summed E-state index contributed by atoms with van der Waals surface area (Å²) < 4.78 is 2.16. The highest BCUT2D eigenvalue weighted by Gasteiger charge is 2.47. The minimum atomic E-state index is -0.668. The second-order valence-electron chi connectivity index (χ2n) is 6.63. The summed E-state index contributed by atoms with van der Waals surface area (Å²) in [4.78, 5) is 0. The number of halogens is 2. The van der Waals surface area contributed by atoms with Crippen LogP contribution < -0.4 is 0 Å². The van der Waals surface area contributed by atoms with Crippen molar-refractivity contribution in [2.75, 3.05) is 0 Å². The minimum absolute atomic E-state index is 0.466. The van der Waals surface area contributed by atoms with Gasteiger partial charge in [-0.2, -0.15) is 0 Å². The van der Waals surface area contributed by atoms with Crippen molar-refractivity contribution in [3.63, 3.8) is 0 Å². The summed E-state index contributed by atoms with van der Waals surface area (Å²) in [6.07, 6.45) is 4.01. The number of aliphatic hydroxyl groups is 1. The number of rotatable bonds is 2. The monoisotopic (exact) mass is 432 g/mol. The third kappa shape index (κ3) is 2.73. The minimum Gasteiger partial charge on any atom is -0.385 e. The lowest BCUT2D eigenvalue weighted by atomic mass is 9.80. The number of fused-ring (bicyclic) bond motifs is 2. The highest BCUT2D eigenvalue weighted by Crippen LogP contribution is 2.56. The Morgan fingerprint density at radius 1 is 0.870 bits per heavy atom. The lowest BCUT2D eigenvalue weighted by Gasteiger charge is -2.31. The van der Waals surface area contributed by atoms with Gasteiger partial charge in [-0.3, -0.25) is 0 Å². The normalized spacial score (nSPS) is 26.7. The SMILES string of the molecule is O[C@@]12CCC[C@@H](C1)C(c1ccc(Br)cc1)=C2c1ccc(Br)cc1. The fraction of sp³-hybridized carbons (Fsp3) is 0.300. The van der Waals surface area contributed by atoms with Crippen LogP contribution in [0.5, 0.6) is 0 Å². The molecule has 1 saturated carbocycles. The van der Waals surface area contributed by atoms with E-state index < -0.39 is 5.60 Å². The number of hydrogen-bond acceptors (Lipinski definition) is 1. The van der Waals surface area contributed by atoms with E-state index in [-0.39, 0.29) is 0 Å². The summed E-state index contributed by atoms with van der Waals surface area (Å²) >= 11 is 7.03. The number of allylic oxidation sites excluding steroid dienone is 1. The fourth-order valence-electron chi connectivity index (χ4n) is 4.23. The molecule has 1 N–H and O–H groups in total. The van der Waals surface area contributed by atoms with Crippen LogP contribution in [0.3, 0.4) is 0 Å². The molecule has 2 aliphatic carbocycles. The topological polar surface area (TPSA) is 20.2 Å². The van der Waals surface area contributed by atoms with Gasteiger partial charge in [0.2, 0.25) is 0 Å². The zero-order valence-electron chi connectivity index (χ0n) is 12.7. The Kier molecular flexibility index (Phi) is 3.99. The van der Waals surface area contributed by atoms with Crippen LogP contribution in [0.4, 0.5) is 0 Å². The smallest absolute Gasteiger partial charge is 0.0911 e. The first kappa shape index (κ1) is 15.6. The van der Waals surface area contributed by atoms with Crippen molar-refractivity contribution < 1.29 is 5.11 Å². The van der Waals surface area contributed by atoms with Crippen LogP contribution in [0, 0.1) is 5.92 Å². The zero-order chi connectivity index (χ0) is 16.0. The van der Waals surface area contributed by atoms with Gasteiger partial charge in [0, 0.05) is 8.95 Å². The van der Waals surface area contributed by atoms with Gasteiger partial charge in [0.1, 0.15) is 0 Å². The van der Waals surface area contributed by atoms with E-state index in [9.17, 15) is 5.11 Å². The Morgan fingerprint density at radius 2 is 1.43 bits per heavy atom. The second kappa shape index (κ2) is 5.87. The molecule has 2 aromatic carbocycles. The van der Waals surface area contributed by atoms with E-state index in [1.165, 1.54) is 17.6 Å². The van der Waals surface area contributed by atoms with Gasteiger partial charge in [-0.15, -0.1) is 0 Å². The van der Waals surface area contributed by atoms with Crippen LogP contribution in [0.2, 0.25) is 0 Å². The molecule has 0 aliphatic heterocycles. The third-order valence-corrected chi connectivity index (χ3v) is 6.22. The molecule has 23 heavy (non-hydrogen) atoms. The molecule has 0 spiro atoms. The Labute approximate surface area is 153 Å².